The lowest BCUT2D eigenvalue weighted by molar-refractivity contribution is 0.285. The van der Waals surface area contributed by atoms with Gasteiger partial charge in [0.05, 0.1) is 0 Å². The molecule has 0 spiro atoms. The molecule has 2 aromatic rings. The first-order valence-corrected chi connectivity index (χ1v) is 10.1. The second-order valence-corrected chi connectivity index (χ2v) is 9.21. The van der Waals surface area contributed by atoms with Crippen LogP contribution in [0.4, 0.5) is 4.39 Å². The predicted molar refractivity (Wildman–Crippen MR) is 101 cm³/mol. The van der Waals surface area contributed by atoms with E-state index in [2.05, 4.69) is 12.1 Å². The van der Waals surface area contributed by atoms with Crippen LogP contribution in [0.15, 0.2) is 47.4 Å². The van der Waals surface area contributed by atoms with E-state index in [1.54, 1.807) is 13.0 Å². The average molecular weight is 376 g/mol. The molecule has 0 bridgehead atoms. The van der Waals surface area contributed by atoms with Gasteiger partial charge in [0.25, 0.3) is 0 Å². The molecule has 0 N–H and O–H groups in total. The fourth-order valence-corrected chi connectivity index (χ4v) is 5.19. The standard InChI is InChI=1S/C20H25FN2O2S/c1-14-5-8-16(9-6-14)17-12-23(13-19(17)22(3)4)26(24,25)20-11-15(2)7-10-18(20)21/h5-11,17,19H,12-13H2,1-4H3/t17-,19+/m0/s1. The maximum atomic E-state index is 14.2. The maximum Gasteiger partial charge on any atom is 0.246 e. The number of likely N-dealkylation sites (N-methyl/N-ethyl adjacent to an activating group) is 1. The molecule has 0 amide bonds. The molecule has 0 saturated carbocycles. The van der Waals surface area contributed by atoms with Crippen molar-refractivity contribution in [3.05, 3.63) is 65.0 Å². The zero-order valence-corrected chi connectivity index (χ0v) is 16.4. The van der Waals surface area contributed by atoms with Crippen LogP contribution in [0.1, 0.15) is 22.6 Å². The number of benzene rings is 2. The van der Waals surface area contributed by atoms with E-state index >= 15 is 0 Å². The molecule has 0 radical (unpaired) electrons. The lowest BCUT2D eigenvalue weighted by Gasteiger charge is -2.25. The van der Waals surface area contributed by atoms with Crippen LogP contribution < -0.4 is 0 Å². The Hall–Kier alpha value is -1.76. The van der Waals surface area contributed by atoms with Crippen molar-refractivity contribution >= 4 is 10.0 Å². The van der Waals surface area contributed by atoms with Gasteiger partial charge >= 0.3 is 0 Å². The summed E-state index contributed by atoms with van der Waals surface area (Å²) in [7, 11) is 0.0315. The zero-order valence-electron chi connectivity index (χ0n) is 15.6. The van der Waals surface area contributed by atoms with E-state index < -0.39 is 15.8 Å². The molecule has 1 aliphatic heterocycles. The summed E-state index contributed by atoms with van der Waals surface area (Å²) in [5.74, 6) is -0.649. The van der Waals surface area contributed by atoms with Gasteiger partial charge < -0.3 is 4.90 Å². The predicted octanol–water partition coefficient (Wildman–Crippen LogP) is 3.16. The first-order valence-electron chi connectivity index (χ1n) is 8.69. The lowest BCUT2D eigenvalue weighted by Crippen LogP contribution is -2.36. The van der Waals surface area contributed by atoms with E-state index in [4.69, 9.17) is 0 Å². The summed E-state index contributed by atoms with van der Waals surface area (Å²) in [5.41, 5.74) is 3.00. The van der Waals surface area contributed by atoms with E-state index in [9.17, 15) is 12.8 Å². The molecular formula is C20H25FN2O2S. The van der Waals surface area contributed by atoms with E-state index in [1.807, 2.05) is 38.1 Å². The molecule has 1 heterocycles. The SMILES string of the molecule is Cc1ccc([C@@H]2CN(S(=O)(=O)c3cc(C)ccc3F)C[C@H]2N(C)C)cc1. The van der Waals surface area contributed by atoms with Crippen molar-refractivity contribution in [2.75, 3.05) is 27.2 Å². The van der Waals surface area contributed by atoms with Crippen LogP contribution >= 0.6 is 0 Å². The Morgan fingerprint density at radius 2 is 1.62 bits per heavy atom. The molecule has 26 heavy (non-hydrogen) atoms. The number of nitrogens with zero attached hydrogens (tertiary/aromatic N) is 2. The fourth-order valence-electron chi connectivity index (χ4n) is 3.56. The first-order chi connectivity index (χ1) is 12.2. The molecule has 6 heteroatoms. The Morgan fingerprint density at radius 3 is 2.23 bits per heavy atom. The van der Waals surface area contributed by atoms with Crippen molar-refractivity contribution in [1.82, 2.24) is 9.21 Å². The Balaban J connectivity index is 1.96. The van der Waals surface area contributed by atoms with Gasteiger partial charge in [0.2, 0.25) is 10.0 Å². The highest BCUT2D eigenvalue weighted by Gasteiger charge is 2.41. The van der Waals surface area contributed by atoms with Crippen LogP contribution in [0.5, 0.6) is 0 Å². The highest BCUT2D eigenvalue weighted by Crippen LogP contribution is 2.34. The second kappa shape index (κ2) is 7.10. The highest BCUT2D eigenvalue weighted by atomic mass is 32.2. The monoisotopic (exact) mass is 376 g/mol. The van der Waals surface area contributed by atoms with Crippen molar-refractivity contribution in [3.8, 4) is 0 Å². The molecule has 1 fully saturated rings. The molecule has 3 rings (SSSR count). The normalized spacial score (nSPS) is 21.5. The minimum atomic E-state index is -3.88. The molecular weight excluding hydrogens is 351 g/mol. The van der Waals surface area contributed by atoms with E-state index in [0.29, 0.717) is 13.1 Å². The summed E-state index contributed by atoms with van der Waals surface area (Å²) in [5, 5.41) is 0. The number of halogens is 1. The maximum absolute atomic E-state index is 14.2. The number of hydrogen-bond acceptors (Lipinski definition) is 3. The summed E-state index contributed by atoms with van der Waals surface area (Å²) < 4.78 is 41.8. The number of sulfonamides is 1. The van der Waals surface area contributed by atoms with Gasteiger partial charge in [-0.3, -0.25) is 0 Å². The van der Waals surface area contributed by atoms with Gasteiger partial charge in [0.15, 0.2) is 0 Å². The van der Waals surface area contributed by atoms with E-state index in [-0.39, 0.29) is 16.9 Å². The summed E-state index contributed by atoms with van der Waals surface area (Å²) >= 11 is 0. The topological polar surface area (TPSA) is 40.6 Å². The third kappa shape index (κ3) is 3.54. The third-order valence-electron chi connectivity index (χ3n) is 5.13. The average Bonchev–Trinajstić information content (AvgIpc) is 3.04. The van der Waals surface area contributed by atoms with Crippen LogP contribution in [0.25, 0.3) is 0 Å². The highest BCUT2D eigenvalue weighted by molar-refractivity contribution is 7.89. The summed E-state index contributed by atoms with van der Waals surface area (Å²) in [6.07, 6.45) is 0. The van der Waals surface area contributed by atoms with Crippen LogP contribution in [0, 0.1) is 19.7 Å². The van der Waals surface area contributed by atoms with Crippen molar-refractivity contribution < 1.29 is 12.8 Å². The van der Waals surface area contributed by atoms with Gasteiger partial charge in [0, 0.05) is 25.0 Å². The molecule has 2 atom stereocenters. The smallest absolute Gasteiger partial charge is 0.246 e. The fraction of sp³-hybridized carbons (Fsp3) is 0.400. The quantitative estimate of drug-likeness (QED) is 0.823. The summed E-state index contributed by atoms with van der Waals surface area (Å²) in [6.45, 7) is 4.49. The van der Waals surface area contributed by atoms with Gasteiger partial charge in [0.1, 0.15) is 10.7 Å². The minimum Gasteiger partial charge on any atom is -0.304 e. The van der Waals surface area contributed by atoms with Crippen LogP contribution in [-0.2, 0) is 10.0 Å². The molecule has 2 aromatic carbocycles. The lowest BCUT2D eigenvalue weighted by atomic mass is 9.93. The summed E-state index contributed by atoms with van der Waals surface area (Å²) in [6, 6.07) is 12.4. The number of rotatable bonds is 4. The molecule has 4 nitrogen and oxygen atoms in total. The van der Waals surface area contributed by atoms with Crippen molar-refractivity contribution in [2.24, 2.45) is 0 Å². The largest absolute Gasteiger partial charge is 0.304 e. The van der Waals surface area contributed by atoms with Crippen LogP contribution in [0.3, 0.4) is 0 Å². The van der Waals surface area contributed by atoms with Gasteiger partial charge in [-0.15, -0.1) is 0 Å². The number of hydrogen-bond donors (Lipinski definition) is 0. The van der Waals surface area contributed by atoms with Crippen LogP contribution in [0.2, 0.25) is 0 Å². The number of aryl methyl sites for hydroxylation is 2. The third-order valence-corrected chi connectivity index (χ3v) is 6.98. The van der Waals surface area contributed by atoms with Gasteiger partial charge in [-0.1, -0.05) is 35.9 Å². The molecule has 0 aliphatic carbocycles. The van der Waals surface area contributed by atoms with Crippen molar-refractivity contribution in [1.29, 1.82) is 0 Å². The first kappa shape index (κ1) is 19.0. The van der Waals surface area contributed by atoms with E-state index in [1.165, 1.54) is 22.0 Å². The van der Waals surface area contributed by atoms with Crippen molar-refractivity contribution in [3.63, 3.8) is 0 Å². The Morgan fingerprint density at radius 1 is 1.00 bits per heavy atom. The minimum absolute atomic E-state index is 0.0420. The molecule has 1 saturated heterocycles. The van der Waals surface area contributed by atoms with Gasteiger partial charge in [-0.05, 0) is 51.2 Å². The Bertz CT molecular complexity index is 895. The van der Waals surface area contributed by atoms with Gasteiger partial charge in [-0.25, -0.2) is 12.8 Å². The van der Waals surface area contributed by atoms with Crippen LogP contribution in [-0.4, -0.2) is 50.8 Å². The molecule has 1 aliphatic rings. The molecule has 0 aromatic heterocycles. The molecule has 0 unspecified atom stereocenters. The van der Waals surface area contributed by atoms with Gasteiger partial charge in [-0.2, -0.15) is 4.31 Å². The van der Waals surface area contributed by atoms with Crippen molar-refractivity contribution in [2.45, 2.75) is 30.7 Å². The second-order valence-electron chi connectivity index (χ2n) is 7.30. The van der Waals surface area contributed by atoms with E-state index in [0.717, 1.165) is 11.1 Å². The zero-order chi connectivity index (χ0) is 19.1. The summed E-state index contributed by atoms with van der Waals surface area (Å²) in [4.78, 5) is 1.81. The Kier molecular flexibility index (Phi) is 5.19. The molecule has 140 valence electrons. The Labute approximate surface area is 155 Å².